The van der Waals surface area contributed by atoms with Gasteiger partial charge in [-0.25, -0.2) is 0 Å². The molecule has 2 spiro atoms. The fourth-order valence-corrected chi connectivity index (χ4v) is 13.3. The Kier molecular flexibility index (Phi) is 7.99. The zero-order valence-electron chi connectivity index (χ0n) is 38.8. The molecule has 72 heavy (non-hydrogen) atoms. The molecular weight excluding hydrogens is 879 g/mol. The SMILES string of the molecule is c1ccc2c(c1)Oc1ccc(-c3ccccc3N(c3ccc4c(c3)C3(c5ccccc5O4)c4ccccc4-c4ccccc43)c3cccc4oc5ccccc5c34)cc1C21c2ccccc2-c2ccccc21. The molecule has 4 aliphatic rings. The van der Waals surface area contributed by atoms with E-state index in [0.717, 1.165) is 95.4 Å². The zero-order valence-corrected chi connectivity index (χ0v) is 38.8. The highest BCUT2D eigenvalue weighted by Gasteiger charge is 2.53. The van der Waals surface area contributed by atoms with E-state index in [2.05, 4.69) is 248 Å². The Morgan fingerprint density at radius 3 is 1.32 bits per heavy atom. The molecule has 4 nitrogen and oxygen atoms in total. The van der Waals surface area contributed by atoms with Crippen molar-refractivity contribution in [3.63, 3.8) is 0 Å². The van der Waals surface area contributed by atoms with Crippen LogP contribution in [0.1, 0.15) is 44.5 Å². The van der Waals surface area contributed by atoms with Crippen LogP contribution in [-0.4, -0.2) is 0 Å². The van der Waals surface area contributed by atoms with Crippen LogP contribution < -0.4 is 14.4 Å². The maximum absolute atomic E-state index is 6.98. The van der Waals surface area contributed by atoms with E-state index in [4.69, 9.17) is 13.9 Å². The van der Waals surface area contributed by atoms with Crippen LogP contribution in [0.4, 0.5) is 17.1 Å². The highest BCUT2D eigenvalue weighted by atomic mass is 16.5. The number of rotatable bonds is 4. The Morgan fingerprint density at radius 1 is 0.292 bits per heavy atom. The molecule has 12 aromatic rings. The molecule has 336 valence electrons. The van der Waals surface area contributed by atoms with Crippen LogP contribution in [-0.2, 0) is 10.8 Å². The molecule has 0 N–H and O–H groups in total. The van der Waals surface area contributed by atoms with E-state index >= 15 is 0 Å². The molecule has 2 aliphatic carbocycles. The van der Waals surface area contributed by atoms with Gasteiger partial charge in [0.25, 0.3) is 0 Å². The van der Waals surface area contributed by atoms with Crippen molar-refractivity contribution in [3.05, 3.63) is 293 Å². The summed E-state index contributed by atoms with van der Waals surface area (Å²) in [6.45, 7) is 0. The summed E-state index contributed by atoms with van der Waals surface area (Å²) in [6, 6.07) is 90.1. The summed E-state index contributed by atoms with van der Waals surface area (Å²) in [5.41, 5.74) is 20.0. The van der Waals surface area contributed by atoms with Crippen molar-refractivity contribution in [1.82, 2.24) is 0 Å². The van der Waals surface area contributed by atoms with E-state index in [1.165, 1.54) is 44.5 Å². The Labute approximate surface area is 416 Å². The lowest BCUT2D eigenvalue weighted by Gasteiger charge is -2.40. The van der Waals surface area contributed by atoms with Crippen molar-refractivity contribution < 1.29 is 13.9 Å². The zero-order chi connectivity index (χ0) is 47.1. The second kappa shape index (κ2) is 14.6. The fourth-order valence-electron chi connectivity index (χ4n) is 13.3. The number of anilines is 3. The van der Waals surface area contributed by atoms with Gasteiger partial charge in [0.2, 0.25) is 0 Å². The lowest BCUT2D eigenvalue weighted by molar-refractivity contribution is 0.436. The predicted octanol–water partition coefficient (Wildman–Crippen LogP) is 17.7. The van der Waals surface area contributed by atoms with Gasteiger partial charge >= 0.3 is 0 Å². The van der Waals surface area contributed by atoms with Crippen molar-refractivity contribution in [2.24, 2.45) is 0 Å². The Balaban J connectivity index is 0.971. The quantitative estimate of drug-likeness (QED) is 0.176. The van der Waals surface area contributed by atoms with Gasteiger partial charge in [-0.15, -0.1) is 0 Å². The normalized spacial score (nSPS) is 14.3. The van der Waals surface area contributed by atoms with Gasteiger partial charge in [0, 0.05) is 38.9 Å². The molecule has 0 bridgehead atoms. The number of ether oxygens (including phenoxy) is 2. The summed E-state index contributed by atoms with van der Waals surface area (Å²) in [6.07, 6.45) is 0. The molecule has 0 amide bonds. The van der Waals surface area contributed by atoms with Gasteiger partial charge in [0.1, 0.15) is 34.2 Å². The summed E-state index contributed by atoms with van der Waals surface area (Å²) in [5.74, 6) is 3.43. The van der Waals surface area contributed by atoms with Crippen LogP contribution in [0.5, 0.6) is 23.0 Å². The summed E-state index contributed by atoms with van der Waals surface area (Å²) in [7, 11) is 0. The highest BCUT2D eigenvalue weighted by molar-refractivity contribution is 6.14. The van der Waals surface area contributed by atoms with Crippen LogP contribution in [0, 0.1) is 0 Å². The molecule has 0 fully saturated rings. The standard InChI is InChI=1S/C68H41NO3/c1-7-24-50-45(19-1)46-20-2-8-25-51(46)67(50)54-28-11-15-33-61(54)71-63-38-36-42(40-56(63)67)44-18-5-13-30-58(44)69(59-31-17-35-65-66(59)49-23-6-14-32-60(49)70-65)43-37-39-64-57(41-43)68(55-29-12-16-34-62(55)72-64)52-26-9-3-21-47(52)48-22-4-10-27-53(48)68/h1-41H. The summed E-state index contributed by atoms with van der Waals surface area (Å²) >= 11 is 0. The van der Waals surface area contributed by atoms with Crippen LogP contribution in [0.25, 0.3) is 55.3 Å². The molecule has 16 rings (SSSR count). The van der Waals surface area contributed by atoms with E-state index in [1.54, 1.807) is 0 Å². The molecular formula is C68H41NO3. The predicted molar refractivity (Wildman–Crippen MR) is 289 cm³/mol. The van der Waals surface area contributed by atoms with Crippen molar-refractivity contribution in [1.29, 1.82) is 0 Å². The average Bonchev–Trinajstić information content (AvgIpc) is 4.07. The van der Waals surface area contributed by atoms with E-state index in [-0.39, 0.29) is 0 Å². The molecule has 0 saturated carbocycles. The van der Waals surface area contributed by atoms with Crippen LogP contribution in [0.3, 0.4) is 0 Å². The van der Waals surface area contributed by atoms with Gasteiger partial charge in [0.05, 0.1) is 27.6 Å². The Morgan fingerprint density at radius 2 is 0.722 bits per heavy atom. The summed E-state index contributed by atoms with van der Waals surface area (Å²) in [4.78, 5) is 2.45. The van der Waals surface area contributed by atoms with Crippen molar-refractivity contribution in [2.45, 2.75) is 10.8 Å². The number of hydrogen-bond acceptors (Lipinski definition) is 4. The van der Waals surface area contributed by atoms with Crippen LogP contribution in [0.15, 0.2) is 253 Å². The minimum absolute atomic E-state index is 0.611. The van der Waals surface area contributed by atoms with Gasteiger partial charge in [-0.1, -0.05) is 182 Å². The van der Waals surface area contributed by atoms with Gasteiger partial charge in [-0.3, -0.25) is 0 Å². The first-order chi connectivity index (χ1) is 35.7. The van der Waals surface area contributed by atoms with Gasteiger partial charge in [0.15, 0.2) is 0 Å². The summed E-state index contributed by atoms with van der Waals surface area (Å²) < 4.78 is 20.6. The molecule has 0 unspecified atom stereocenters. The van der Waals surface area contributed by atoms with Crippen molar-refractivity contribution in [2.75, 3.05) is 4.90 Å². The smallest absolute Gasteiger partial charge is 0.137 e. The molecule has 11 aromatic carbocycles. The largest absolute Gasteiger partial charge is 0.457 e. The number of nitrogens with zero attached hydrogens (tertiary/aromatic N) is 1. The first-order valence-corrected chi connectivity index (χ1v) is 24.7. The number of furan rings is 1. The molecule has 0 atom stereocenters. The second-order valence-corrected chi connectivity index (χ2v) is 19.4. The number of hydrogen-bond donors (Lipinski definition) is 0. The third-order valence-electron chi connectivity index (χ3n) is 16.0. The van der Waals surface area contributed by atoms with Gasteiger partial charge in [-0.2, -0.15) is 0 Å². The Hall–Kier alpha value is -9.38. The number of para-hydroxylation sites is 4. The highest BCUT2D eigenvalue weighted by Crippen LogP contribution is 2.65. The first kappa shape index (κ1) is 39.5. The number of fused-ring (bicyclic) bond motifs is 21. The topological polar surface area (TPSA) is 34.8 Å². The van der Waals surface area contributed by atoms with E-state index in [9.17, 15) is 0 Å². The maximum Gasteiger partial charge on any atom is 0.137 e. The molecule has 3 heterocycles. The van der Waals surface area contributed by atoms with E-state index in [1.807, 2.05) is 6.07 Å². The molecule has 1 aromatic heterocycles. The van der Waals surface area contributed by atoms with Crippen LogP contribution in [0.2, 0.25) is 0 Å². The van der Waals surface area contributed by atoms with E-state index < -0.39 is 10.8 Å². The van der Waals surface area contributed by atoms with Crippen molar-refractivity contribution in [3.8, 4) is 56.4 Å². The third kappa shape index (κ3) is 5.05. The summed E-state index contributed by atoms with van der Waals surface area (Å²) in [5, 5.41) is 2.10. The minimum Gasteiger partial charge on any atom is -0.457 e. The average molecular weight is 920 g/mol. The van der Waals surface area contributed by atoms with Crippen molar-refractivity contribution >= 4 is 39.0 Å². The monoisotopic (exact) mass is 919 g/mol. The van der Waals surface area contributed by atoms with Gasteiger partial charge < -0.3 is 18.8 Å². The molecule has 4 heteroatoms. The lowest BCUT2D eigenvalue weighted by Crippen LogP contribution is -2.32. The molecule has 0 radical (unpaired) electrons. The maximum atomic E-state index is 6.98. The fraction of sp³-hybridized carbons (Fsp3) is 0.0294. The van der Waals surface area contributed by atoms with Crippen LogP contribution >= 0.6 is 0 Å². The Bertz CT molecular complexity index is 4180. The second-order valence-electron chi connectivity index (χ2n) is 19.4. The molecule has 0 saturated heterocycles. The lowest BCUT2D eigenvalue weighted by atomic mass is 9.65. The number of benzene rings is 11. The third-order valence-corrected chi connectivity index (χ3v) is 16.0. The first-order valence-electron chi connectivity index (χ1n) is 24.7. The molecule has 2 aliphatic heterocycles. The van der Waals surface area contributed by atoms with Gasteiger partial charge in [-0.05, 0) is 117 Å². The van der Waals surface area contributed by atoms with E-state index in [0.29, 0.717) is 0 Å². The minimum atomic E-state index is -0.649.